The number of aryl methyl sites for hydroxylation is 1. The van der Waals surface area contributed by atoms with Gasteiger partial charge in [-0.15, -0.1) is 32.9 Å². The number of carbonyl (C=O) groups excluding carboxylic acids is 3. The van der Waals surface area contributed by atoms with Gasteiger partial charge < -0.3 is 36.2 Å². The molecule has 276 valence electrons. The van der Waals surface area contributed by atoms with Gasteiger partial charge in [0.25, 0.3) is 5.91 Å². The average Bonchev–Trinajstić information content (AvgIpc) is 3.88. The molecule has 3 aromatic heterocycles. The summed E-state index contributed by atoms with van der Waals surface area (Å²) >= 11 is 8.98. The van der Waals surface area contributed by atoms with Gasteiger partial charge in [0.15, 0.2) is 11.0 Å². The third kappa shape index (κ3) is 8.17. The highest BCUT2D eigenvalue weighted by molar-refractivity contribution is 7.18. The van der Waals surface area contributed by atoms with Gasteiger partial charge in [-0.1, -0.05) is 56.6 Å². The quantitative estimate of drug-likeness (QED) is 0.190. The zero-order valence-electron chi connectivity index (χ0n) is 29.8. The first kappa shape index (κ1) is 37.4. The fraction of sp³-hybridized carbons (Fsp3) is 0.444. The van der Waals surface area contributed by atoms with Crippen LogP contribution in [0.1, 0.15) is 61.1 Å². The standard InChI is InChI=1S/C36H44ClN9O4S2/c1-20(22-6-8-23(9-7-22)30-21(2)39-19-51-30)40-33(48)26-16-24(47)18-46(26)35(50)31(36(3,4)5)41-34(49)27-10-11-29(52-27)45-14-12-44(13-15-45)25-17-28(37)42-43-32(25)38/h6-11,17,19-20,24,26,31,47H,12-16,18H2,1-5H3,(H2,38,43)(H,40,48)(H,41,49)/t20-,24+,26-,31+/m0/s1. The van der Waals surface area contributed by atoms with Crippen molar-refractivity contribution in [2.24, 2.45) is 5.41 Å². The molecule has 5 N–H and O–H groups in total. The van der Waals surface area contributed by atoms with Crippen molar-refractivity contribution < 1.29 is 19.5 Å². The summed E-state index contributed by atoms with van der Waals surface area (Å²) < 4.78 is 0. The number of hydrogen-bond donors (Lipinski definition) is 4. The van der Waals surface area contributed by atoms with Crippen molar-refractivity contribution in [1.29, 1.82) is 0 Å². The van der Waals surface area contributed by atoms with Gasteiger partial charge in [0, 0.05) is 45.2 Å². The van der Waals surface area contributed by atoms with E-state index in [1.165, 1.54) is 16.2 Å². The predicted octanol–water partition coefficient (Wildman–Crippen LogP) is 4.52. The number of nitrogens with one attached hydrogen (secondary N) is 2. The first-order valence-corrected chi connectivity index (χ1v) is 19.3. The molecule has 0 aliphatic carbocycles. The lowest BCUT2D eigenvalue weighted by molar-refractivity contribution is -0.142. The number of aromatic nitrogens is 3. The lowest BCUT2D eigenvalue weighted by Gasteiger charge is -2.36. The van der Waals surface area contributed by atoms with E-state index in [4.69, 9.17) is 17.3 Å². The van der Waals surface area contributed by atoms with Crippen molar-refractivity contribution >= 4 is 68.5 Å². The van der Waals surface area contributed by atoms with Crippen LogP contribution in [0.3, 0.4) is 0 Å². The molecule has 4 aromatic rings. The molecule has 16 heteroatoms. The van der Waals surface area contributed by atoms with E-state index in [2.05, 4.69) is 35.6 Å². The Bertz CT molecular complexity index is 1920. The highest BCUT2D eigenvalue weighted by Gasteiger charge is 2.45. The number of halogens is 1. The van der Waals surface area contributed by atoms with E-state index < -0.39 is 29.5 Å². The molecule has 2 saturated heterocycles. The van der Waals surface area contributed by atoms with Crippen molar-refractivity contribution in [3.05, 3.63) is 69.3 Å². The number of likely N-dealkylation sites (tertiary alicyclic amines) is 1. The molecular weight excluding hydrogens is 722 g/mol. The summed E-state index contributed by atoms with van der Waals surface area (Å²) in [6.45, 7) is 12.2. The first-order chi connectivity index (χ1) is 24.7. The van der Waals surface area contributed by atoms with Gasteiger partial charge >= 0.3 is 0 Å². The van der Waals surface area contributed by atoms with E-state index in [-0.39, 0.29) is 36.0 Å². The summed E-state index contributed by atoms with van der Waals surface area (Å²) in [5.74, 6) is -0.815. The van der Waals surface area contributed by atoms with Crippen molar-refractivity contribution in [1.82, 2.24) is 30.7 Å². The zero-order chi connectivity index (χ0) is 37.3. The molecule has 0 unspecified atom stereocenters. The molecule has 2 aliphatic rings. The third-order valence-corrected chi connectivity index (χ3v) is 11.9. The van der Waals surface area contributed by atoms with Crippen LogP contribution < -0.4 is 26.2 Å². The number of rotatable bonds is 9. The average molecular weight is 766 g/mol. The van der Waals surface area contributed by atoms with Crippen LogP contribution in [0.4, 0.5) is 16.5 Å². The number of nitrogens with two attached hydrogens (primary N) is 1. The molecule has 0 saturated carbocycles. The number of hydrogen-bond acceptors (Lipinski definition) is 12. The van der Waals surface area contributed by atoms with Crippen LogP contribution in [0.5, 0.6) is 0 Å². The van der Waals surface area contributed by atoms with Gasteiger partial charge in [-0.05, 0) is 42.5 Å². The maximum Gasteiger partial charge on any atom is 0.262 e. The Morgan fingerprint density at radius 3 is 2.37 bits per heavy atom. The number of amides is 3. The SMILES string of the molecule is Cc1ncsc1-c1ccc([C@H](C)NC(=O)[C@@H]2C[C@@H](O)CN2C(=O)[C@@H](NC(=O)c2ccc(N3CCN(c4cc(Cl)nnc4N)CC3)s2)C(C)(C)C)cc1. The lowest BCUT2D eigenvalue weighted by Crippen LogP contribution is -2.57. The number of aliphatic hydroxyl groups excluding tert-OH is 1. The smallest absolute Gasteiger partial charge is 0.262 e. The fourth-order valence-corrected chi connectivity index (χ4v) is 8.54. The first-order valence-electron chi connectivity index (χ1n) is 17.2. The molecule has 6 rings (SSSR count). The van der Waals surface area contributed by atoms with Crippen molar-refractivity contribution in [3.8, 4) is 10.4 Å². The van der Waals surface area contributed by atoms with Crippen LogP contribution in [-0.4, -0.2) is 93.8 Å². The van der Waals surface area contributed by atoms with Crippen LogP contribution in [0, 0.1) is 12.3 Å². The van der Waals surface area contributed by atoms with Gasteiger partial charge in [-0.3, -0.25) is 14.4 Å². The number of nitrogens with zero attached hydrogens (tertiary/aromatic N) is 6. The Hall–Kier alpha value is -4.31. The maximum atomic E-state index is 14.2. The van der Waals surface area contributed by atoms with E-state index in [0.717, 1.165) is 32.4 Å². The second kappa shape index (κ2) is 15.3. The number of thiophene rings is 1. The third-order valence-electron chi connectivity index (χ3n) is 9.55. The van der Waals surface area contributed by atoms with E-state index in [1.807, 2.05) is 70.5 Å². The van der Waals surface area contributed by atoms with Gasteiger partial charge in [0.05, 0.1) is 43.8 Å². The Morgan fingerprint density at radius 1 is 1.02 bits per heavy atom. The summed E-state index contributed by atoms with van der Waals surface area (Å²) in [4.78, 5) is 53.1. The monoisotopic (exact) mass is 765 g/mol. The number of β-amino-alcohol motifs (C(OH)–C–C–N with tert-alkyl or cyclic N) is 1. The molecule has 52 heavy (non-hydrogen) atoms. The lowest BCUT2D eigenvalue weighted by atomic mass is 9.85. The molecule has 5 heterocycles. The number of anilines is 3. The van der Waals surface area contributed by atoms with Crippen LogP contribution in [0.2, 0.25) is 5.15 Å². The minimum absolute atomic E-state index is 0.000806. The van der Waals surface area contributed by atoms with E-state index >= 15 is 0 Å². The minimum atomic E-state index is -0.943. The van der Waals surface area contributed by atoms with Crippen LogP contribution in [-0.2, 0) is 9.59 Å². The zero-order valence-corrected chi connectivity index (χ0v) is 32.2. The maximum absolute atomic E-state index is 14.2. The molecule has 2 aliphatic heterocycles. The second-order valence-electron chi connectivity index (χ2n) is 14.3. The van der Waals surface area contributed by atoms with E-state index in [1.54, 1.807) is 23.5 Å². The van der Waals surface area contributed by atoms with Crippen LogP contribution in [0.15, 0.2) is 48.0 Å². The molecule has 1 aromatic carbocycles. The number of aliphatic hydroxyl groups is 1. The Morgan fingerprint density at radius 2 is 1.71 bits per heavy atom. The number of carbonyl (C=O) groups is 3. The Labute approximate surface area is 316 Å². The summed E-state index contributed by atoms with van der Waals surface area (Å²) in [6.07, 6.45) is -0.755. The van der Waals surface area contributed by atoms with Gasteiger partial charge in [0.1, 0.15) is 12.1 Å². The van der Waals surface area contributed by atoms with Gasteiger partial charge in [-0.2, -0.15) is 0 Å². The summed E-state index contributed by atoms with van der Waals surface area (Å²) in [6, 6.07) is 11.2. The van der Waals surface area contributed by atoms with E-state index in [9.17, 15) is 19.5 Å². The van der Waals surface area contributed by atoms with Crippen molar-refractivity contribution in [2.45, 2.75) is 65.3 Å². The Kier molecular flexibility index (Phi) is 11.1. The predicted molar refractivity (Wildman–Crippen MR) is 206 cm³/mol. The highest BCUT2D eigenvalue weighted by atomic mass is 35.5. The van der Waals surface area contributed by atoms with Gasteiger partial charge in [0.2, 0.25) is 11.8 Å². The highest BCUT2D eigenvalue weighted by Crippen LogP contribution is 2.32. The van der Waals surface area contributed by atoms with Gasteiger partial charge in [-0.25, -0.2) is 4.98 Å². The second-order valence-corrected chi connectivity index (χ2v) is 16.6. The summed E-state index contributed by atoms with van der Waals surface area (Å²) in [7, 11) is 0. The summed E-state index contributed by atoms with van der Waals surface area (Å²) in [5.41, 5.74) is 10.9. The molecular formula is C36H44ClN9O4S2. The molecule has 2 fully saturated rings. The number of piperazine rings is 1. The molecule has 4 atom stereocenters. The minimum Gasteiger partial charge on any atom is -0.391 e. The topological polar surface area (TPSA) is 170 Å². The largest absolute Gasteiger partial charge is 0.391 e. The molecule has 0 radical (unpaired) electrons. The molecule has 0 spiro atoms. The Balaban J connectivity index is 1.09. The molecule has 0 bridgehead atoms. The van der Waals surface area contributed by atoms with Crippen LogP contribution in [0.25, 0.3) is 10.4 Å². The fourth-order valence-electron chi connectivity index (χ4n) is 6.63. The van der Waals surface area contributed by atoms with Crippen molar-refractivity contribution in [3.63, 3.8) is 0 Å². The summed E-state index contributed by atoms with van der Waals surface area (Å²) in [5, 5.41) is 25.6. The van der Waals surface area contributed by atoms with E-state index in [0.29, 0.717) is 36.9 Å². The normalized spacial score (nSPS) is 19.0. The molecule has 13 nitrogen and oxygen atoms in total. The van der Waals surface area contributed by atoms with Crippen LogP contribution >= 0.6 is 34.3 Å². The number of thiazole rings is 1. The van der Waals surface area contributed by atoms with Crippen molar-refractivity contribution in [2.75, 3.05) is 48.3 Å². The molecule has 3 amide bonds. The number of nitrogen functional groups attached to an aromatic ring is 1. The number of benzene rings is 1.